The van der Waals surface area contributed by atoms with Crippen LogP contribution in [0.5, 0.6) is 0 Å². The van der Waals surface area contributed by atoms with Gasteiger partial charge in [0, 0.05) is 10.9 Å². The molecule has 1 aromatic heterocycles. The van der Waals surface area contributed by atoms with Crippen molar-refractivity contribution in [2.24, 2.45) is 0 Å². The van der Waals surface area contributed by atoms with Crippen molar-refractivity contribution in [3.63, 3.8) is 0 Å². The van der Waals surface area contributed by atoms with Crippen LogP contribution in [0.4, 0.5) is 0 Å². The molecular formula is C17H18N2S. The summed E-state index contributed by atoms with van der Waals surface area (Å²) in [6.45, 7) is 3.29. The van der Waals surface area contributed by atoms with E-state index < -0.39 is 0 Å². The van der Waals surface area contributed by atoms with E-state index in [1.54, 1.807) is 11.3 Å². The zero-order chi connectivity index (χ0) is 13.9. The maximum Gasteiger partial charge on any atom is 0.110 e. The van der Waals surface area contributed by atoms with E-state index in [1.165, 1.54) is 34.4 Å². The molecule has 0 bridgehead atoms. The third kappa shape index (κ3) is 2.49. The van der Waals surface area contributed by atoms with Gasteiger partial charge in [-0.15, -0.1) is 11.3 Å². The second-order valence-electron chi connectivity index (χ2n) is 5.23. The summed E-state index contributed by atoms with van der Waals surface area (Å²) in [4.78, 5) is 1.97. The number of nitrogens with zero attached hydrogens (tertiary/aromatic N) is 1. The number of thiophene rings is 1. The molecule has 0 saturated carbocycles. The highest BCUT2D eigenvalue weighted by molar-refractivity contribution is 7.16. The van der Waals surface area contributed by atoms with Gasteiger partial charge in [0.25, 0.3) is 0 Å². The molecule has 0 spiro atoms. The molecule has 102 valence electrons. The van der Waals surface area contributed by atoms with E-state index in [0.717, 1.165) is 17.8 Å². The molecule has 0 saturated heterocycles. The third-order valence-electron chi connectivity index (χ3n) is 3.86. The molecule has 3 heteroatoms. The Bertz CT molecular complexity index is 651. The average Bonchev–Trinajstić information content (AvgIpc) is 3.11. The van der Waals surface area contributed by atoms with Crippen molar-refractivity contribution in [3.05, 3.63) is 46.3 Å². The Hall–Kier alpha value is -1.63. The zero-order valence-electron chi connectivity index (χ0n) is 11.6. The number of hydrogen-bond donors (Lipinski definition) is 1. The predicted molar refractivity (Wildman–Crippen MR) is 83.8 cm³/mol. The molecule has 1 aromatic carbocycles. The molecule has 1 N–H and O–H groups in total. The van der Waals surface area contributed by atoms with Crippen molar-refractivity contribution in [3.8, 4) is 16.5 Å². The lowest BCUT2D eigenvalue weighted by molar-refractivity contribution is 0.529. The van der Waals surface area contributed by atoms with Crippen molar-refractivity contribution in [1.29, 1.82) is 5.26 Å². The molecule has 3 rings (SSSR count). The highest BCUT2D eigenvalue weighted by atomic mass is 32.1. The van der Waals surface area contributed by atoms with Crippen molar-refractivity contribution < 1.29 is 0 Å². The molecule has 0 fully saturated rings. The second kappa shape index (κ2) is 5.78. The van der Waals surface area contributed by atoms with Gasteiger partial charge in [0.15, 0.2) is 0 Å². The Labute approximate surface area is 124 Å². The molecule has 1 aliphatic carbocycles. The van der Waals surface area contributed by atoms with Gasteiger partial charge in [0.05, 0.1) is 0 Å². The van der Waals surface area contributed by atoms with Gasteiger partial charge in [0.2, 0.25) is 0 Å². The van der Waals surface area contributed by atoms with Crippen LogP contribution in [0.2, 0.25) is 0 Å². The number of nitrogens with one attached hydrogen (secondary N) is 1. The molecule has 1 unspecified atom stereocenters. The number of aryl methyl sites for hydroxylation is 1. The third-order valence-corrected chi connectivity index (χ3v) is 4.90. The summed E-state index contributed by atoms with van der Waals surface area (Å²) in [5, 5.41) is 12.5. The fourth-order valence-corrected chi connectivity index (χ4v) is 3.65. The fraction of sp³-hybridized carbons (Fsp3) is 0.353. The first kappa shape index (κ1) is 13.4. The van der Waals surface area contributed by atoms with E-state index in [4.69, 9.17) is 5.26 Å². The number of nitriles is 1. The summed E-state index contributed by atoms with van der Waals surface area (Å²) >= 11 is 1.57. The summed E-state index contributed by atoms with van der Waals surface area (Å²) in [5.41, 5.74) is 4.16. The summed E-state index contributed by atoms with van der Waals surface area (Å²) in [6, 6.07) is 13.4. The molecule has 1 atom stereocenters. The lowest BCUT2D eigenvalue weighted by Crippen LogP contribution is -2.19. The highest BCUT2D eigenvalue weighted by Crippen LogP contribution is 2.36. The molecule has 0 aliphatic heterocycles. The largest absolute Gasteiger partial charge is 0.310 e. The van der Waals surface area contributed by atoms with Gasteiger partial charge in [-0.1, -0.05) is 25.1 Å². The van der Waals surface area contributed by atoms with E-state index in [2.05, 4.69) is 36.5 Å². The van der Waals surface area contributed by atoms with E-state index in [1.807, 2.05) is 12.1 Å². The Morgan fingerprint density at radius 1 is 1.35 bits per heavy atom. The molecule has 1 aliphatic rings. The molecule has 0 radical (unpaired) electrons. The second-order valence-corrected chi connectivity index (χ2v) is 6.32. The van der Waals surface area contributed by atoms with Crippen molar-refractivity contribution in [2.45, 2.75) is 32.2 Å². The zero-order valence-corrected chi connectivity index (χ0v) is 12.5. The van der Waals surface area contributed by atoms with Gasteiger partial charge in [-0.25, -0.2) is 0 Å². The number of rotatable bonds is 4. The number of fused-ring (bicyclic) bond motifs is 1. The first-order valence-electron chi connectivity index (χ1n) is 7.18. The maximum atomic E-state index is 8.92. The van der Waals surface area contributed by atoms with Crippen LogP contribution in [-0.2, 0) is 6.42 Å². The van der Waals surface area contributed by atoms with Crippen molar-refractivity contribution >= 4 is 11.3 Å². The summed E-state index contributed by atoms with van der Waals surface area (Å²) in [6.07, 6.45) is 3.53. The minimum Gasteiger partial charge on any atom is -0.310 e. The summed E-state index contributed by atoms with van der Waals surface area (Å²) in [7, 11) is 0. The first-order chi connectivity index (χ1) is 9.81. The Balaban J connectivity index is 1.86. The smallest absolute Gasteiger partial charge is 0.110 e. The predicted octanol–water partition coefficient (Wildman–Crippen LogP) is 4.27. The Kier molecular flexibility index (Phi) is 3.86. The Morgan fingerprint density at radius 2 is 2.25 bits per heavy atom. The molecular weight excluding hydrogens is 264 g/mol. The minimum absolute atomic E-state index is 0.525. The summed E-state index contributed by atoms with van der Waals surface area (Å²) in [5.74, 6) is 0. The average molecular weight is 282 g/mol. The number of hydrogen-bond acceptors (Lipinski definition) is 3. The van der Waals surface area contributed by atoms with E-state index in [9.17, 15) is 0 Å². The van der Waals surface area contributed by atoms with E-state index in [0.29, 0.717) is 6.04 Å². The molecule has 1 heterocycles. The van der Waals surface area contributed by atoms with E-state index >= 15 is 0 Å². The van der Waals surface area contributed by atoms with Crippen LogP contribution in [0, 0.1) is 11.3 Å². The van der Waals surface area contributed by atoms with Crippen LogP contribution in [-0.4, -0.2) is 6.54 Å². The SMILES string of the molecule is CCCNC1CCc2cc(-c3ccc(C#N)s3)ccc21. The van der Waals surface area contributed by atoms with Crippen LogP contribution in [0.15, 0.2) is 30.3 Å². The van der Waals surface area contributed by atoms with Crippen LogP contribution in [0.3, 0.4) is 0 Å². The van der Waals surface area contributed by atoms with Crippen molar-refractivity contribution in [2.75, 3.05) is 6.54 Å². The molecule has 2 aromatic rings. The van der Waals surface area contributed by atoms with Gasteiger partial charge >= 0.3 is 0 Å². The van der Waals surface area contributed by atoms with Crippen LogP contribution in [0.1, 0.15) is 41.8 Å². The van der Waals surface area contributed by atoms with Crippen LogP contribution in [0.25, 0.3) is 10.4 Å². The first-order valence-corrected chi connectivity index (χ1v) is 8.00. The van der Waals surface area contributed by atoms with Gasteiger partial charge in [-0.05, 0) is 54.6 Å². The quantitative estimate of drug-likeness (QED) is 0.908. The standard InChI is InChI=1S/C17H18N2S/c1-2-9-19-16-7-4-12-10-13(3-6-15(12)16)17-8-5-14(11-18)20-17/h3,5-6,8,10,16,19H,2,4,7,9H2,1H3. The molecule has 2 nitrogen and oxygen atoms in total. The van der Waals surface area contributed by atoms with E-state index in [-0.39, 0.29) is 0 Å². The number of benzene rings is 1. The molecule has 20 heavy (non-hydrogen) atoms. The van der Waals surface area contributed by atoms with Crippen LogP contribution >= 0.6 is 11.3 Å². The molecule has 0 amide bonds. The van der Waals surface area contributed by atoms with Gasteiger partial charge in [-0.3, -0.25) is 0 Å². The maximum absolute atomic E-state index is 8.92. The minimum atomic E-state index is 0.525. The highest BCUT2D eigenvalue weighted by Gasteiger charge is 2.22. The van der Waals surface area contributed by atoms with Gasteiger partial charge < -0.3 is 5.32 Å². The fourth-order valence-electron chi connectivity index (χ4n) is 2.85. The van der Waals surface area contributed by atoms with Gasteiger partial charge in [-0.2, -0.15) is 5.26 Å². The van der Waals surface area contributed by atoms with Gasteiger partial charge in [0.1, 0.15) is 10.9 Å². The lowest BCUT2D eigenvalue weighted by Gasteiger charge is -2.13. The van der Waals surface area contributed by atoms with Crippen LogP contribution < -0.4 is 5.32 Å². The normalized spacial score (nSPS) is 16.9. The lowest BCUT2D eigenvalue weighted by atomic mass is 10.0. The summed E-state index contributed by atoms with van der Waals surface area (Å²) < 4.78 is 0. The Morgan fingerprint density at radius 3 is 3.00 bits per heavy atom. The monoisotopic (exact) mass is 282 g/mol. The van der Waals surface area contributed by atoms with Crippen molar-refractivity contribution in [1.82, 2.24) is 5.32 Å². The topological polar surface area (TPSA) is 35.8 Å².